The summed E-state index contributed by atoms with van der Waals surface area (Å²) in [5.41, 5.74) is 8.17. The summed E-state index contributed by atoms with van der Waals surface area (Å²) in [6.07, 6.45) is 3.98. The Morgan fingerprint density at radius 1 is 1.36 bits per heavy atom. The number of benzene rings is 1. The van der Waals surface area contributed by atoms with Crippen LogP contribution in [-0.4, -0.2) is 57.6 Å². The smallest absolute Gasteiger partial charge is 0.272 e. The van der Waals surface area contributed by atoms with E-state index < -0.39 is 0 Å². The highest BCUT2D eigenvalue weighted by atomic mass is 32.1. The van der Waals surface area contributed by atoms with Gasteiger partial charge in [0.2, 0.25) is 0 Å². The first-order valence-corrected chi connectivity index (χ1v) is 9.42. The van der Waals surface area contributed by atoms with Crippen LogP contribution in [-0.2, 0) is 4.79 Å². The van der Waals surface area contributed by atoms with Gasteiger partial charge in [0.15, 0.2) is 0 Å². The van der Waals surface area contributed by atoms with Gasteiger partial charge in [-0.25, -0.2) is 4.98 Å². The van der Waals surface area contributed by atoms with E-state index in [2.05, 4.69) is 9.88 Å². The topological polar surface area (TPSA) is 86.3 Å². The minimum atomic E-state index is -0.198. The van der Waals surface area contributed by atoms with Crippen LogP contribution in [0.1, 0.15) is 18.4 Å². The maximum absolute atomic E-state index is 13.0. The van der Waals surface area contributed by atoms with Gasteiger partial charge in [-0.2, -0.15) is 0 Å². The predicted octanol–water partition coefficient (Wildman–Crippen LogP) is 1.82. The molecule has 2 unspecified atom stereocenters. The van der Waals surface area contributed by atoms with Crippen LogP contribution < -0.4 is 5.73 Å². The molecule has 3 fully saturated rings. The molecule has 0 bridgehead atoms. The van der Waals surface area contributed by atoms with Gasteiger partial charge >= 0.3 is 0 Å². The zero-order valence-electron chi connectivity index (χ0n) is 13.7. The van der Waals surface area contributed by atoms with Crippen LogP contribution in [0.2, 0.25) is 0 Å². The van der Waals surface area contributed by atoms with Crippen LogP contribution in [0, 0.1) is 5.41 Å². The van der Waals surface area contributed by atoms with Gasteiger partial charge in [-0.3, -0.25) is 15.1 Å². The Bertz CT molecular complexity index is 880. The average Bonchev–Trinajstić information content (AvgIpc) is 3.16. The third-order valence-electron chi connectivity index (χ3n) is 5.92. The molecule has 1 aliphatic carbocycles. The Morgan fingerprint density at radius 3 is 2.96 bits per heavy atom. The second-order valence-electron chi connectivity index (χ2n) is 7.07. The molecule has 128 valence electrons. The third-order valence-corrected chi connectivity index (χ3v) is 6.74. The van der Waals surface area contributed by atoms with Gasteiger partial charge in [-0.15, -0.1) is 11.3 Å². The number of carbonyl (C=O) groups is 1. The van der Waals surface area contributed by atoms with Crippen molar-refractivity contribution in [1.29, 1.82) is 5.41 Å². The van der Waals surface area contributed by atoms with Gasteiger partial charge in [-0.05, 0) is 31.0 Å². The normalized spacial score (nSPS) is 27.2. The first-order valence-electron chi connectivity index (χ1n) is 8.54. The standard InChI is InChI=1S/C18H19N5OS/c19-13-2-1-11(16-21-4-8-25-16)9-12(13)15(20)17(24)23-7-6-22-5-3-18(22)10-14(18)23/h1-2,4,8-9,14,20H,3,5-7,10,19H2. The first kappa shape index (κ1) is 15.0. The summed E-state index contributed by atoms with van der Waals surface area (Å²) in [6, 6.07) is 5.75. The van der Waals surface area contributed by atoms with Crippen LogP contribution in [0.25, 0.3) is 10.6 Å². The summed E-state index contributed by atoms with van der Waals surface area (Å²) < 4.78 is 0. The van der Waals surface area contributed by atoms with E-state index in [1.807, 2.05) is 22.4 Å². The van der Waals surface area contributed by atoms with Crippen molar-refractivity contribution in [2.45, 2.75) is 24.4 Å². The maximum atomic E-state index is 13.0. The molecule has 25 heavy (non-hydrogen) atoms. The summed E-state index contributed by atoms with van der Waals surface area (Å²) in [4.78, 5) is 21.7. The summed E-state index contributed by atoms with van der Waals surface area (Å²) in [5.74, 6) is -0.198. The second-order valence-corrected chi connectivity index (χ2v) is 7.97. The minimum absolute atomic E-state index is 0.00858. The molecule has 3 aliphatic rings. The van der Waals surface area contributed by atoms with Gasteiger partial charge in [0.05, 0.1) is 6.04 Å². The molecule has 2 aliphatic heterocycles. The maximum Gasteiger partial charge on any atom is 0.272 e. The van der Waals surface area contributed by atoms with Crippen molar-refractivity contribution in [2.75, 3.05) is 25.4 Å². The molecule has 2 saturated heterocycles. The fourth-order valence-corrected chi connectivity index (χ4v) is 4.97. The molecule has 2 aromatic rings. The number of thiazole rings is 1. The molecule has 5 rings (SSSR count). The van der Waals surface area contributed by atoms with Crippen LogP contribution in [0.15, 0.2) is 29.8 Å². The van der Waals surface area contributed by atoms with Crippen molar-refractivity contribution < 1.29 is 4.79 Å². The molecule has 1 amide bonds. The zero-order valence-corrected chi connectivity index (χ0v) is 14.6. The number of aromatic nitrogens is 1. The van der Waals surface area contributed by atoms with Crippen molar-refractivity contribution in [3.05, 3.63) is 35.3 Å². The van der Waals surface area contributed by atoms with Crippen molar-refractivity contribution in [2.24, 2.45) is 0 Å². The summed E-state index contributed by atoms with van der Waals surface area (Å²) in [6.45, 7) is 2.78. The lowest BCUT2D eigenvalue weighted by Crippen LogP contribution is -2.62. The lowest BCUT2D eigenvalue weighted by molar-refractivity contribution is -0.129. The van der Waals surface area contributed by atoms with E-state index in [4.69, 9.17) is 11.1 Å². The third kappa shape index (κ3) is 2.09. The molecule has 3 heterocycles. The minimum Gasteiger partial charge on any atom is -0.398 e. The van der Waals surface area contributed by atoms with E-state index >= 15 is 0 Å². The number of nitrogens with one attached hydrogen (secondary N) is 1. The van der Waals surface area contributed by atoms with Gasteiger partial charge < -0.3 is 10.6 Å². The summed E-state index contributed by atoms with van der Waals surface area (Å²) in [7, 11) is 0. The number of anilines is 1. The Kier molecular flexibility index (Phi) is 3.08. The number of amides is 1. The van der Waals surface area contributed by atoms with Crippen molar-refractivity contribution in [3.63, 3.8) is 0 Å². The summed E-state index contributed by atoms with van der Waals surface area (Å²) >= 11 is 1.53. The molecule has 0 radical (unpaired) electrons. The number of hydrogen-bond donors (Lipinski definition) is 2. The van der Waals surface area contributed by atoms with E-state index in [0.717, 1.165) is 30.1 Å². The van der Waals surface area contributed by atoms with Gasteiger partial charge in [0, 0.05) is 53.6 Å². The van der Waals surface area contributed by atoms with E-state index in [1.54, 1.807) is 12.3 Å². The summed E-state index contributed by atoms with van der Waals surface area (Å²) in [5, 5.41) is 11.2. The number of carbonyl (C=O) groups excluding carboxylic acids is 1. The molecule has 3 N–H and O–H groups in total. The number of nitrogen functional groups attached to an aromatic ring is 1. The van der Waals surface area contributed by atoms with Crippen LogP contribution >= 0.6 is 11.3 Å². The van der Waals surface area contributed by atoms with Gasteiger partial charge in [0.25, 0.3) is 5.91 Å². The van der Waals surface area contributed by atoms with E-state index in [0.29, 0.717) is 17.8 Å². The van der Waals surface area contributed by atoms with Crippen molar-refractivity contribution >= 4 is 28.6 Å². The average molecular weight is 353 g/mol. The SMILES string of the molecule is N=C(C(=O)N1CCN2CCC23CC13)c1cc(-c2nccs2)ccc1N. The van der Waals surface area contributed by atoms with E-state index in [9.17, 15) is 4.79 Å². The van der Waals surface area contributed by atoms with Crippen LogP contribution in [0.5, 0.6) is 0 Å². The van der Waals surface area contributed by atoms with Crippen LogP contribution in [0.4, 0.5) is 5.69 Å². The number of nitrogens with zero attached hydrogens (tertiary/aromatic N) is 3. The van der Waals surface area contributed by atoms with Crippen LogP contribution in [0.3, 0.4) is 0 Å². The zero-order chi connectivity index (χ0) is 17.2. The van der Waals surface area contributed by atoms with E-state index in [1.165, 1.54) is 17.8 Å². The molecule has 1 aromatic carbocycles. The van der Waals surface area contributed by atoms with Crippen molar-refractivity contribution in [3.8, 4) is 10.6 Å². The highest BCUT2D eigenvalue weighted by molar-refractivity contribution is 7.13. The van der Waals surface area contributed by atoms with Crippen molar-refractivity contribution in [1.82, 2.24) is 14.8 Å². The van der Waals surface area contributed by atoms with E-state index in [-0.39, 0.29) is 23.2 Å². The quantitative estimate of drug-likeness (QED) is 0.651. The lowest BCUT2D eigenvalue weighted by Gasteiger charge is -2.48. The molecule has 2 atom stereocenters. The Labute approximate surface area is 149 Å². The Hall–Kier alpha value is -2.25. The van der Waals surface area contributed by atoms with Gasteiger partial charge in [-0.1, -0.05) is 0 Å². The largest absolute Gasteiger partial charge is 0.398 e. The second kappa shape index (κ2) is 5.12. The predicted molar refractivity (Wildman–Crippen MR) is 97.8 cm³/mol. The number of rotatable bonds is 3. The fraction of sp³-hybridized carbons (Fsp3) is 0.389. The molecule has 1 saturated carbocycles. The highest BCUT2D eigenvalue weighted by Crippen LogP contribution is 2.56. The molecule has 7 heteroatoms. The molecular formula is C18H19N5OS. The fourth-order valence-electron chi connectivity index (χ4n) is 4.33. The monoisotopic (exact) mass is 353 g/mol. The highest BCUT2D eigenvalue weighted by Gasteiger charge is 2.67. The first-order chi connectivity index (χ1) is 12.1. The van der Waals surface area contributed by atoms with Gasteiger partial charge in [0.1, 0.15) is 10.7 Å². The number of hydrogen-bond acceptors (Lipinski definition) is 6. The Balaban J connectivity index is 1.42. The molecule has 1 aromatic heterocycles. The number of piperazine rings is 1. The Morgan fingerprint density at radius 2 is 2.24 bits per heavy atom. The molecular weight excluding hydrogens is 334 g/mol. The number of nitrogens with two attached hydrogens (primary N) is 1. The lowest BCUT2D eigenvalue weighted by atomic mass is 9.96. The molecule has 6 nitrogen and oxygen atoms in total. The molecule has 1 spiro atoms.